The Morgan fingerprint density at radius 1 is 1.62 bits per heavy atom. The Hall–Kier alpha value is -0.630. The second-order valence-corrected chi connectivity index (χ2v) is 4.41. The minimum atomic E-state index is -0.379. The lowest BCUT2D eigenvalue weighted by Gasteiger charge is -2.21. The number of hydrogen-bond acceptors (Lipinski definition) is 4. The van der Waals surface area contributed by atoms with Gasteiger partial charge in [0.2, 0.25) is 0 Å². The minimum absolute atomic E-state index is 0.108. The Bertz CT molecular complexity index is 252. The molecule has 1 N–H and O–H groups in total. The fourth-order valence-corrected chi connectivity index (χ4v) is 2.15. The Kier molecular flexibility index (Phi) is 5.20. The van der Waals surface area contributed by atoms with Gasteiger partial charge in [0.25, 0.3) is 0 Å². The summed E-state index contributed by atoms with van der Waals surface area (Å²) in [7, 11) is 1.84. The molecule has 1 saturated carbocycles. The summed E-state index contributed by atoms with van der Waals surface area (Å²) in [5.74, 6) is 0. The first-order chi connectivity index (χ1) is 7.65. The maximum absolute atomic E-state index is 9.12. The van der Waals surface area contributed by atoms with Crippen LogP contribution in [0.5, 0.6) is 0 Å². The van der Waals surface area contributed by atoms with Crippen LogP contribution in [-0.4, -0.2) is 38.0 Å². The van der Waals surface area contributed by atoms with E-state index < -0.39 is 0 Å². The maximum atomic E-state index is 9.12. The van der Waals surface area contributed by atoms with E-state index in [0.29, 0.717) is 6.61 Å². The lowest BCUT2D eigenvalue weighted by Crippen LogP contribution is -2.39. The predicted octanol–water partition coefficient (Wildman–Crippen LogP) is 1.46. The Balaban J connectivity index is 2.34. The third-order valence-corrected chi connectivity index (χ3v) is 3.14. The number of rotatable bonds is 6. The average Bonchev–Trinajstić information content (AvgIpc) is 2.70. The molecule has 3 unspecified atom stereocenters. The summed E-state index contributed by atoms with van der Waals surface area (Å²) in [5.41, 5.74) is -0.379. The summed E-state index contributed by atoms with van der Waals surface area (Å²) in [6.45, 7) is 5.34. The number of hydrogen-bond donors (Lipinski definition) is 1. The fourth-order valence-electron chi connectivity index (χ4n) is 2.15. The molecule has 0 spiro atoms. The quantitative estimate of drug-likeness (QED) is 0.745. The van der Waals surface area contributed by atoms with Crippen LogP contribution in [0.1, 0.15) is 33.1 Å². The van der Waals surface area contributed by atoms with E-state index in [1.165, 1.54) is 0 Å². The Labute approximate surface area is 97.9 Å². The summed E-state index contributed by atoms with van der Waals surface area (Å²) in [6.07, 6.45) is 2.88. The highest BCUT2D eigenvalue weighted by Gasteiger charge is 2.39. The van der Waals surface area contributed by atoms with Crippen molar-refractivity contribution in [1.82, 2.24) is 5.32 Å². The fraction of sp³-hybridized carbons (Fsp3) is 0.917. The summed E-state index contributed by atoms with van der Waals surface area (Å²) in [5, 5.41) is 12.2. The predicted molar refractivity (Wildman–Crippen MR) is 62.1 cm³/mol. The molecule has 0 bridgehead atoms. The molecular formula is C12H22N2O2. The second-order valence-electron chi connectivity index (χ2n) is 4.41. The van der Waals surface area contributed by atoms with E-state index in [9.17, 15) is 0 Å². The van der Waals surface area contributed by atoms with Crippen molar-refractivity contribution in [2.75, 3.05) is 20.3 Å². The van der Waals surface area contributed by atoms with Gasteiger partial charge in [0.05, 0.1) is 24.9 Å². The number of nitrogens with one attached hydrogen (secondary N) is 1. The number of nitrogens with zero attached hydrogens (tertiary/aromatic N) is 1. The van der Waals surface area contributed by atoms with Gasteiger partial charge in [-0.1, -0.05) is 0 Å². The van der Waals surface area contributed by atoms with Crippen LogP contribution in [0.25, 0.3) is 0 Å². The third-order valence-electron chi connectivity index (χ3n) is 3.14. The molecule has 0 aromatic rings. The van der Waals surface area contributed by atoms with Gasteiger partial charge in [-0.2, -0.15) is 5.26 Å². The van der Waals surface area contributed by atoms with Crippen LogP contribution in [0.2, 0.25) is 0 Å². The van der Waals surface area contributed by atoms with Crippen LogP contribution in [0.15, 0.2) is 0 Å². The van der Waals surface area contributed by atoms with Crippen LogP contribution >= 0.6 is 0 Å². The highest BCUT2D eigenvalue weighted by atomic mass is 16.5. The van der Waals surface area contributed by atoms with Crippen LogP contribution < -0.4 is 5.32 Å². The molecule has 16 heavy (non-hydrogen) atoms. The van der Waals surface area contributed by atoms with Crippen molar-refractivity contribution in [1.29, 1.82) is 5.26 Å². The van der Waals surface area contributed by atoms with Crippen LogP contribution in [0, 0.1) is 11.3 Å². The summed E-state index contributed by atoms with van der Waals surface area (Å²) >= 11 is 0. The lowest BCUT2D eigenvalue weighted by molar-refractivity contribution is -0.0446. The largest absolute Gasteiger partial charge is 0.379 e. The minimum Gasteiger partial charge on any atom is -0.379 e. The van der Waals surface area contributed by atoms with Gasteiger partial charge in [0, 0.05) is 13.0 Å². The SMILES string of the molecule is CCOCC(C)OC1CCC(C#N)(NC)C1. The summed E-state index contributed by atoms with van der Waals surface area (Å²) in [6, 6.07) is 2.35. The zero-order chi connectivity index (χ0) is 12.0. The number of nitriles is 1. The molecule has 0 radical (unpaired) electrons. The smallest absolute Gasteiger partial charge is 0.109 e. The molecule has 0 aromatic carbocycles. The van der Waals surface area contributed by atoms with Crippen molar-refractivity contribution in [2.24, 2.45) is 0 Å². The molecule has 0 aliphatic heterocycles. The maximum Gasteiger partial charge on any atom is 0.109 e. The van der Waals surface area contributed by atoms with Crippen molar-refractivity contribution in [3.8, 4) is 6.07 Å². The third kappa shape index (κ3) is 3.44. The first-order valence-electron chi connectivity index (χ1n) is 5.99. The average molecular weight is 226 g/mol. The van der Waals surface area contributed by atoms with E-state index in [-0.39, 0.29) is 17.7 Å². The zero-order valence-electron chi connectivity index (χ0n) is 10.5. The van der Waals surface area contributed by atoms with Crippen molar-refractivity contribution in [2.45, 2.75) is 50.9 Å². The normalized spacial score (nSPS) is 31.2. The first-order valence-corrected chi connectivity index (χ1v) is 5.99. The van der Waals surface area contributed by atoms with Crippen LogP contribution in [0.4, 0.5) is 0 Å². The standard InChI is InChI=1S/C12H22N2O2/c1-4-15-8-10(2)16-11-5-6-12(7-11,9-13)14-3/h10-11,14H,4-8H2,1-3H3. The van der Waals surface area contributed by atoms with E-state index in [2.05, 4.69) is 11.4 Å². The molecule has 1 rings (SSSR count). The molecule has 1 fully saturated rings. The lowest BCUT2D eigenvalue weighted by atomic mass is 10.0. The molecule has 1 aliphatic rings. The van der Waals surface area contributed by atoms with Gasteiger partial charge in [-0.25, -0.2) is 0 Å². The summed E-state index contributed by atoms with van der Waals surface area (Å²) < 4.78 is 11.2. The van der Waals surface area contributed by atoms with Gasteiger partial charge in [0.1, 0.15) is 5.54 Å². The summed E-state index contributed by atoms with van der Waals surface area (Å²) in [4.78, 5) is 0. The molecule has 3 atom stereocenters. The van der Waals surface area contributed by atoms with E-state index in [4.69, 9.17) is 14.7 Å². The molecule has 0 amide bonds. The van der Waals surface area contributed by atoms with Gasteiger partial charge in [-0.05, 0) is 33.7 Å². The van der Waals surface area contributed by atoms with Gasteiger partial charge in [-0.15, -0.1) is 0 Å². The molecular weight excluding hydrogens is 204 g/mol. The molecule has 0 heterocycles. The zero-order valence-corrected chi connectivity index (χ0v) is 10.5. The van der Waals surface area contributed by atoms with E-state index >= 15 is 0 Å². The van der Waals surface area contributed by atoms with Crippen molar-refractivity contribution in [3.63, 3.8) is 0 Å². The van der Waals surface area contributed by atoms with Crippen LogP contribution in [-0.2, 0) is 9.47 Å². The Morgan fingerprint density at radius 3 is 2.88 bits per heavy atom. The van der Waals surface area contributed by atoms with Crippen molar-refractivity contribution >= 4 is 0 Å². The monoisotopic (exact) mass is 226 g/mol. The molecule has 92 valence electrons. The van der Waals surface area contributed by atoms with Gasteiger partial charge in [-0.3, -0.25) is 0 Å². The van der Waals surface area contributed by atoms with Gasteiger partial charge < -0.3 is 14.8 Å². The van der Waals surface area contributed by atoms with Gasteiger partial charge in [0.15, 0.2) is 0 Å². The highest BCUT2D eigenvalue weighted by Crippen LogP contribution is 2.31. The first kappa shape index (κ1) is 13.4. The molecule has 1 aliphatic carbocycles. The molecule has 4 nitrogen and oxygen atoms in total. The van der Waals surface area contributed by atoms with Gasteiger partial charge >= 0.3 is 0 Å². The second kappa shape index (κ2) is 6.19. The molecule has 4 heteroatoms. The van der Waals surface area contributed by atoms with E-state index in [1.807, 2.05) is 20.9 Å². The van der Waals surface area contributed by atoms with E-state index in [1.54, 1.807) is 0 Å². The Morgan fingerprint density at radius 2 is 2.38 bits per heavy atom. The van der Waals surface area contributed by atoms with Crippen molar-refractivity contribution in [3.05, 3.63) is 0 Å². The molecule has 0 aromatic heterocycles. The molecule has 0 saturated heterocycles. The highest BCUT2D eigenvalue weighted by molar-refractivity contribution is 5.11. The van der Waals surface area contributed by atoms with E-state index in [0.717, 1.165) is 25.9 Å². The number of ether oxygens (including phenoxy) is 2. The topological polar surface area (TPSA) is 54.3 Å². The van der Waals surface area contributed by atoms with Crippen molar-refractivity contribution < 1.29 is 9.47 Å². The van der Waals surface area contributed by atoms with Crippen LogP contribution in [0.3, 0.4) is 0 Å².